The van der Waals surface area contributed by atoms with Gasteiger partial charge in [0.15, 0.2) is 4.80 Å². The number of phenolic OH excluding ortho intramolecular Hbond substituents is 1. The van der Waals surface area contributed by atoms with Crippen molar-refractivity contribution >= 4 is 79.6 Å². The van der Waals surface area contributed by atoms with Crippen molar-refractivity contribution < 1.29 is 5.11 Å². The van der Waals surface area contributed by atoms with E-state index in [1.165, 1.54) is 32.9 Å². The van der Waals surface area contributed by atoms with Crippen molar-refractivity contribution in [2.45, 2.75) is 18.9 Å². The van der Waals surface area contributed by atoms with Gasteiger partial charge in [0.05, 0.1) is 23.4 Å². The van der Waals surface area contributed by atoms with Crippen LogP contribution in [0, 0.1) is 7.14 Å². The van der Waals surface area contributed by atoms with Crippen LogP contribution in [0.2, 0.25) is 0 Å². The molecule has 1 N–H and O–H groups in total. The quantitative estimate of drug-likeness (QED) is 0.290. The standard InChI is InChI=1S/C25H16I2N2O2S2/c26-17-10-13(11-18(27)23(17)30)12-20-24(31)29-22(19-6-3-9-32-19)16-8-7-14-4-1-2-5-15(14)21(16)28-25(29)33-20/h1-6,9-12,22,30H,7-8H2/b20-12+/t22-/m1/s1. The molecule has 4 nitrogen and oxygen atoms in total. The third-order valence-electron chi connectivity index (χ3n) is 6.02. The van der Waals surface area contributed by atoms with E-state index >= 15 is 0 Å². The first-order valence-electron chi connectivity index (χ1n) is 10.4. The van der Waals surface area contributed by atoms with Gasteiger partial charge < -0.3 is 5.11 Å². The highest BCUT2D eigenvalue weighted by Gasteiger charge is 2.32. The Hall–Kier alpha value is -1.76. The molecule has 1 atom stereocenters. The molecule has 0 saturated heterocycles. The summed E-state index contributed by atoms with van der Waals surface area (Å²) in [5, 5.41) is 12.2. The molecule has 1 aliphatic heterocycles. The van der Waals surface area contributed by atoms with Crippen LogP contribution in [-0.2, 0) is 6.42 Å². The first kappa shape index (κ1) is 21.8. The smallest absolute Gasteiger partial charge is 0.271 e. The number of hydrogen-bond acceptors (Lipinski definition) is 5. The summed E-state index contributed by atoms with van der Waals surface area (Å²) in [6.45, 7) is 0. The number of rotatable bonds is 2. The van der Waals surface area contributed by atoms with E-state index in [1.807, 2.05) is 28.8 Å². The number of aromatic hydroxyl groups is 1. The second-order valence-corrected chi connectivity index (χ2v) is 12.3. The Balaban J connectivity index is 1.61. The Bertz CT molecular complexity index is 1610. The molecule has 3 heterocycles. The molecule has 0 fully saturated rings. The van der Waals surface area contributed by atoms with Gasteiger partial charge in [0, 0.05) is 10.4 Å². The fraction of sp³-hybridized carbons (Fsp3) is 0.120. The van der Waals surface area contributed by atoms with Crippen LogP contribution in [-0.4, -0.2) is 9.67 Å². The number of nitrogens with zero attached hydrogens (tertiary/aromatic N) is 2. The Labute approximate surface area is 224 Å². The molecule has 0 saturated carbocycles. The van der Waals surface area contributed by atoms with Crippen LogP contribution in [0.25, 0.3) is 11.8 Å². The summed E-state index contributed by atoms with van der Waals surface area (Å²) in [7, 11) is 0. The summed E-state index contributed by atoms with van der Waals surface area (Å²) in [5.41, 5.74) is 5.63. The molecule has 1 aliphatic carbocycles. The van der Waals surface area contributed by atoms with E-state index in [1.54, 1.807) is 11.3 Å². The molecule has 6 rings (SSSR count). The molecule has 164 valence electrons. The van der Waals surface area contributed by atoms with Gasteiger partial charge in [0.1, 0.15) is 5.75 Å². The number of fused-ring (bicyclic) bond motifs is 3. The van der Waals surface area contributed by atoms with Crippen LogP contribution in [0.4, 0.5) is 0 Å². The molecule has 2 aromatic heterocycles. The van der Waals surface area contributed by atoms with Gasteiger partial charge in [-0.2, -0.15) is 0 Å². The monoisotopic (exact) mass is 694 g/mol. The van der Waals surface area contributed by atoms with Crippen molar-refractivity contribution in [2.24, 2.45) is 4.99 Å². The highest BCUT2D eigenvalue weighted by atomic mass is 127. The molecule has 33 heavy (non-hydrogen) atoms. The average Bonchev–Trinajstić information content (AvgIpc) is 3.45. The minimum absolute atomic E-state index is 0.0133. The molecule has 0 amide bonds. The minimum atomic E-state index is -0.119. The van der Waals surface area contributed by atoms with Gasteiger partial charge in [0.2, 0.25) is 0 Å². The molecular weight excluding hydrogens is 678 g/mol. The van der Waals surface area contributed by atoms with Gasteiger partial charge >= 0.3 is 0 Å². The predicted octanol–water partition coefficient (Wildman–Crippen LogP) is 5.30. The maximum atomic E-state index is 13.7. The molecule has 2 aromatic carbocycles. The molecule has 0 radical (unpaired) electrons. The van der Waals surface area contributed by atoms with Crippen LogP contribution in [0.3, 0.4) is 0 Å². The summed E-state index contributed by atoms with van der Waals surface area (Å²) >= 11 is 7.36. The molecule has 4 aromatic rings. The van der Waals surface area contributed by atoms with Crippen molar-refractivity contribution in [1.29, 1.82) is 0 Å². The van der Waals surface area contributed by atoms with E-state index in [-0.39, 0.29) is 17.4 Å². The Morgan fingerprint density at radius 3 is 2.64 bits per heavy atom. The SMILES string of the molecule is O=c1/c(=C\c2cc(I)c(O)c(I)c2)sc2n1[C@@H](c1cccs1)C1=C(N=2)c2ccccc2CC1. The molecule has 8 heteroatoms. The molecular formula is C25H16I2N2O2S2. The van der Waals surface area contributed by atoms with Gasteiger partial charge in [0.25, 0.3) is 5.56 Å². The van der Waals surface area contributed by atoms with Crippen molar-refractivity contribution in [3.63, 3.8) is 0 Å². The number of thiophene rings is 1. The molecule has 0 spiro atoms. The van der Waals surface area contributed by atoms with E-state index in [0.717, 1.165) is 36.0 Å². The van der Waals surface area contributed by atoms with Crippen molar-refractivity contribution in [3.05, 3.63) is 108 Å². The zero-order valence-corrected chi connectivity index (χ0v) is 23.0. The second-order valence-electron chi connectivity index (χ2n) is 7.96. The molecule has 0 unspecified atom stereocenters. The van der Waals surface area contributed by atoms with E-state index in [0.29, 0.717) is 4.53 Å². The lowest BCUT2D eigenvalue weighted by Gasteiger charge is -2.30. The minimum Gasteiger partial charge on any atom is -0.506 e. The van der Waals surface area contributed by atoms with Gasteiger partial charge in [-0.15, -0.1) is 11.3 Å². The summed E-state index contributed by atoms with van der Waals surface area (Å²) < 4.78 is 4.07. The van der Waals surface area contributed by atoms with Gasteiger partial charge in [-0.1, -0.05) is 41.7 Å². The van der Waals surface area contributed by atoms with Crippen LogP contribution in [0.5, 0.6) is 5.75 Å². The number of benzene rings is 2. The lowest BCUT2D eigenvalue weighted by atomic mass is 9.85. The van der Waals surface area contributed by atoms with E-state index < -0.39 is 0 Å². The number of hydrogen-bond donors (Lipinski definition) is 1. The fourth-order valence-corrected chi connectivity index (χ4v) is 8.20. The van der Waals surface area contributed by atoms with Crippen molar-refractivity contribution in [1.82, 2.24) is 4.57 Å². The lowest BCUT2D eigenvalue weighted by Crippen LogP contribution is -2.38. The number of halogens is 2. The number of phenols is 1. The second kappa shape index (κ2) is 8.47. The topological polar surface area (TPSA) is 54.6 Å². The van der Waals surface area contributed by atoms with Crippen LogP contribution >= 0.6 is 67.9 Å². The molecule has 2 aliphatic rings. The van der Waals surface area contributed by atoms with Crippen LogP contribution in [0.1, 0.15) is 34.0 Å². The van der Waals surface area contributed by atoms with Gasteiger partial charge in [-0.05, 0) is 104 Å². The number of aryl methyl sites for hydroxylation is 1. The van der Waals surface area contributed by atoms with Gasteiger partial charge in [-0.25, -0.2) is 4.99 Å². The summed E-state index contributed by atoms with van der Waals surface area (Å²) in [4.78, 5) is 20.6. The maximum Gasteiger partial charge on any atom is 0.271 e. The fourth-order valence-electron chi connectivity index (χ4n) is 4.54. The zero-order chi connectivity index (χ0) is 22.7. The number of allylic oxidation sites excluding steroid dienone is 1. The van der Waals surface area contributed by atoms with Crippen LogP contribution in [0.15, 0.2) is 69.3 Å². The third-order valence-corrected chi connectivity index (χ3v) is 9.57. The number of aromatic nitrogens is 1. The zero-order valence-electron chi connectivity index (χ0n) is 17.1. The summed E-state index contributed by atoms with van der Waals surface area (Å²) in [6.07, 6.45) is 3.77. The lowest BCUT2D eigenvalue weighted by molar-refractivity contribution is 0.467. The average molecular weight is 694 g/mol. The van der Waals surface area contributed by atoms with Crippen LogP contribution < -0.4 is 14.9 Å². The van der Waals surface area contributed by atoms with Gasteiger partial charge in [-0.3, -0.25) is 9.36 Å². The first-order chi connectivity index (χ1) is 16.0. The van der Waals surface area contributed by atoms with Crippen molar-refractivity contribution in [3.8, 4) is 5.75 Å². The highest BCUT2D eigenvalue weighted by Crippen LogP contribution is 2.42. The normalized spacial score (nSPS) is 17.4. The van der Waals surface area contributed by atoms with E-state index in [2.05, 4.69) is 80.9 Å². The maximum absolute atomic E-state index is 13.7. The Kier molecular flexibility index (Phi) is 5.58. The summed E-state index contributed by atoms with van der Waals surface area (Å²) in [6, 6.07) is 16.3. The Morgan fingerprint density at radius 1 is 1.09 bits per heavy atom. The number of thiazole rings is 1. The first-order valence-corrected chi connectivity index (χ1v) is 14.2. The largest absolute Gasteiger partial charge is 0.506 e. The Morgan fingerprint density at radius 2 is 1.88 bits per heavy atom. The molecule has 0 bridgehead atoms. The van der Waals surface area contributed by atoms with E-state index in [9.17, 15) is 9.90 Å². The third kappa shape index (κ3) is 3.65. The van der Waals surface area contributed by atoms with Crippen molar-refractivity contribution in [2.75, 3.05) is 0 Å². The predicted molar refractivity (Wildman–Crippen MR) is 151 cm³/mol. The van der Waals surface area contributed by atoms with E-state index in [4.69, 9.17) is 4.99 Å². The summed E-state index contributed by atoms with van der Waals surface area (Å²) in [5.74, 6) is 0.277. The highest BCUT2D eigenvalue weighted by molar-refractivity contribution is 14.1.